The Bertz CT molecular complexity index is 268. The Morgan fingerprint density at radius 2 is 2.21 bits per heavy atom. The summed E-state index contributed by atoms with van der Waals surface area (Å²) in [5.74, 6) is 0. The van der Waals surface area contributed by atoms with Gasteiger partial charge in [0, 0.05) is 30.6 Å². The fourth-order valence-electron chi connectivity index (χ4n) is 1.44. The van der Waals surface area contributed by atoms with Crippen LogP contribution >= 0.6 is 11.3 Å². The van der Waals surface area contributed by atoms with Crippen molar-refractivity contribution in [3.8, 4) is 0 Å². The molecular formula is C11H20N2S. The molecule has 0 radical (unpaired) electrons. The third-order valence-corrected chi connectivity index (χ3v) is 3.47. The highest BCUT2D eigenvalue weighted by molar-refractivity contribution is 7.10. The Kier molecular flexibility index (Phi) is 4.58. The summed E-state index contributed by atoms with van der Waals surface area (Å²) in [5, 5.41) is 2.16. The average Bonchev–Trinajstić information content (AvgIpc) is 2.51. The van der Waals surface area contributed by atoms with Gasteiger partial charge in [-0.2, -0.15) is 0 Å². The van der Waals surface area contributed by atoms with Gasteiger partial charge in [0.1, 0.15) is 0 Å². The molecular weight excluding hydrogens is 192 g/mol. The number of aryl methyl sites for hydroxylation is 1. The second kappa shape index (κ2) is 5.49. The third-order valence-electron chi connectivity index (χ3n) is 2.46. The standard InChI is InChI=1S/C11H20N2S/c1-9(2)13(6-5-12)8-11-10(3)4-7-14-11/h4,7,9H,5-6,8,12H2,1-3H3. The molecule has 0 saturated carbocycles. The van der Waals surface area contributed by atoms with Crippen molar-refractivity contribution in [2.75, 3.05) is 13.1 Å². The molecule has 3 heteroatoms. The molecule has 0 aliphatic heterocycles. The van der Waals surface area contributed by atoms with Crippen molar-refractivity contribution in [3.05, 3.63) is 21.9 Å². The van der Waals surface area contributed by atoms with Crippen molar-refractivity contribution in [1.29, 1.82) is 0 Å². The van der Waals surface area contributed by atoms with E-state index in [0.29, 0.717) is 6.04 Å². The lowest BCUT2D eigenvalue weighted by atomic mass is 10.2. The second-order valence-electron chi connectivity index (χ2n) is 3.88. The van der Waals surface area contributed by atoms with E-state index in [-0.39, 0.29) is 0 Å². The van der Waals surface area contributed by atoms with Gasteiger partial charge in [-0.05, 0) is 37.8 Å². The Hall–Kier alpha value is -0.380. The van der Waals surface area contributed by atoms with E-state index in [0.717, 1.165) is 19.6 Å². The fraction of sp³-hybridized carbons (Fsp3) is 0.636. The SMILES string of the molecule is Cc1ccsc1CN(CCN)C(C)C. The maximum Gasteiger partial charge on any atom is 0.0333 e. The summed E-state index contributed by atoms with van der Waals surface area (Å²) >= 11 is 1.84. The van der Waals surface area contributed by atoms with Crippen LogP contribution < -0.4 is 5.73 Å². The average molecular weight is 212 g/mol. The van der Waals surface area contributed by atoms with Crippen molar-refractivity contribution < 1.29 is 0 Å². The Morgan fingerprint density at radius 1 is 1.50 bits per heavy atom. The molecule has 2 nitrogen and oxygen atoms in total. The van der Waals surface area contributed by atoms with E-state index >= 15 is 0 Å². The lowest BCUT2D eigenvalue weighted by Gasteiger charge is -2.25. The number of hydrogen-bond donors (Lipinski definition) is 1. The topological polar surface area (TPSA) is 29.3 Å². The summed E-state index contributed by atoms with van der Waals surface area (Å²) in [6, 6.07) is 2.75. The molecule has 1 aromatic heterocycles. The van der Waals surface area contributed by atoms with Gasteiger partial charge in [-0.15, -0.1) is 11.3 Å². The smallest absolute Gasteiger partial charge is 0.0333 e. The van der Waals surface area contributed by atoms with E-state index in [1.807, 2.05) is 11.3 Å². The molecule has 1 rings (SSSR count). The molecule has 0 saturated heterocycles. The second-order valence-corrected chi connectivity index (χ2v) is 4.88. The highest BCUT2D eigenvalue weighted by Gasteiger charge is 2.10. The first-order valence-electron chi connectivity index (χ1n) is 5.12. The normalized spacial score (nSPS) is 11.6. The molecule has 0 fully saturated rings. The molecule has 14 heavy (non-hydrogen) atoms. The quantitative estimate of drug-likeness (QED) is 0.811. The summed E-state index contributed by atoms with van der Waals surface area (Å²) in [5.41, 5.74) is 7.00. The van der Waals surface area contributed by atoms with Crippen LogP contribution in [0.3, 0.4) is 0 Å². The minimum absolute atomic E-state index is 0.569. The van der Waals surface area contributed by atoms with Crippen LogP contribution in [0.25, 0.3) is 0 Å². The molecule has 0 aromatic carbocycles. The van der Waals surface area contributed by atoms with Crippen molar-refractivity contribution >= 4 is 11.3 Å². The molecule has 0 spiro atoms. The van der Waals surface area contributed by atoms with E-state index in [2.05, 4.69) is 37.1 Å². The fourth-order valence-corrected chi connectivity index (χ4v) is 2.37. The van der Waals surface area contributed by atoms with Crippen LogP contribution in [0.15, 0.2) is 11.4 Å². The van der Waals surface area contributed by atoms with Crippen LogP contribution in [-0.4, -0.2) is 24.0 Å². The maximum atomic E-state index is 5.60. The van der Waals surface area contributed by atoms with Crippen LogP contribution in [0.5, 0.6) is 0 Å². The molecule has 0 atom stereocenters. The summed E-state index contributed by atoms with van der Waals surface area (Å²) in [4.78, 5) is 3.88. The van der Waals surface area contributed by atoms with Gasteiger partial charge in [-0.25, -0.2) is 0 Å². The summed E-state index contributed by atoms with van der Waals surface area (Å²) < 4.78 is 0. The van der Waals surface area contributed by atoms with Crippen molar-refractivity contribution in [3.63, 3.8) is 0 Å². The third kappa shape index (κ3) is 3.08. The molecule has 0 aliphatic rings. The Morgan fingerprint density at radius 3 is 2.64 bits per heavy atom. The van der Waals surface area contributed by atoms with Gasteiger partial charge in [-0.3, -0.25) is 4.90 Å². The molecule has 80 valence electrons. The first kappa shape index (κ1) is 11.7. The van der Waals surface area contributed by atoms with Crippen LogP contribution in [0.4, 0.5) is 0 Å². The minimum atomic E-state index is 0.569. The van der Waals surface area contributed by atoms with Crippen molar-refractivity contribution in [2.45, 2.75) is 33.4 Å². The molecule has 2 N–H and O–H groups in total. The van der Waals surface area contributed by atoms with E-state index in [1.165, 1.54) is 10.4 Å². The van der Waals surface area contributed by atoms with Gasteiger partial charge < -0.3 is 5.73 Å². The summed E-state index contributed by atoms with van der Waals surface area (Å²) in [7, 11) is 0. The van der Waals surface area contributed by atoms with E-state index in [9.17, 15) is 0 Å². The minimum Gasteiger partial charge on any atom is -0.329 e. The van der Waals surface area contributed by atoms with Gasteiger partial charge in [0.15, 0.2) is 0 Å². The molecule has 1 heterocycles. The van der Waals surface area contributed by atoms with Crippen LogP contribution in [0.1, 0.15) is 24.3 Å². The first-order valence-corrected chi connectivity index (χ1v) is 6.00. The van der Waals surface area contributed by atoms with Gasteiger partial charge in [0.2, 0.25) is 0 Å². The Labute approximate surface area is 90.7 Å². The van der Waals surface area contributed by atoms with E-state index < -0.39 is 0 Å². The molecule has 0 bridgehead atoms. The number of nitrogens with two attached hydrogens (primary N) is 1. The lowest BCUT2D eigenvalue weighted by Crippen LogP contribution is -2.34. The Balaban J connectivity index is 2.60. The summed E-state index contributed by atoms with van der Waals surface area (Å²) in [6.07, 6.45) is 0. The molecule has 0 unspecified atom stereocenters. The zero-order valence-electron chi connectivity index (χ0n) is 9.29. The van der Waals surface area contributed by atoms with Crippen LogP contribution in [-0.2, 0) is 6.54 Å². The van der Waals surface area contributed by atoms with Crippen molar-refractivity contribution in [1.82, 2.24) is 4.90 Å². The van der Waals surface area contributed by atoms with Gasteiger partial charge in [0.25, 0.3) is 0 Å². The van der Waals surface area contributed by atoms with Crippen LogP contribution in [0.2, 0.25) is 0 Å². The number of rotatable bonds is 5. The van der Waals surface area contributed by atoms with Gasteiger partial charge in [-0.1, -0.05) is 0 Å². The lowest BCUT2D eigenvalue weighted by molar-refractivity contribution is 0.221. The molecule has 1 aromatic rings. The predicted octanol–water partition coefficient (Wildman–Crippen LogP) is 2.23. The predicted molar refractivity (Wildman–Crippen MR) is 63.7 cm³/mol. The molecule has 0 amide bonds. The number of hydrogen-bond acceptors (Lipinski definition) is 3. The monoisotopic (exact) mass is 212 g/mol. The number of nitrogens with zero attached hydrogens (tertiary/aromatic N) is 1. The van der Waals surface area contributed by atoms with E-state index in [1.54, 1.807) is 0 Å². The van der Waals surface area contributed by atoms with Gasteiger partial charge in [0.05, 0.1) is 0 Å². The summed E-state index contributed by atoms with van der Waals surface area (Å²) in [6.45, 7) is 9.37. The van der Waals surface area contributed by atoms with E-state index in [4.69, 9.17) is 5.73 Å². The van der Waals surface area contributed by atoms with Gasteiger partial charge >= 0.3 is 0 Å². The zero-order chi connectivity index (χ0) is 10.6. The van der Waals surface area contributed by atoms with Crippen molar-refractivity contribution in [2.24, 2.45) is 5.73 Å². The molecule has 0 aliphatic carbocycles. The highest BCUT2D eigenvalue weighted by Crippen LogP contribution is 2.18. The largest absolute Gasteiger partial charge is 0.329 e. The maximum absolute atomic E-state index is 5.60. The first-order chi connectivity index (χ1) is 6.65. The van der Waals surface area contributed by atoms with Crippen LogP contribution in [0, 0.1) is 6.92 Å². The highest BCUT2D eigenvalue weighted by atomic mass is 32.1. The zero-order valence-corrected chi connectivity index (χ0v) is 10.1. The number of thiophene rings is 1.